The molecule has 2 aromatic carbocycles. The summed E-state index contributed by atoms with van der Waals surface area (Å²) in [5.74, 6) is 2.56. The van der Waals surface area contributed by atoms with Gasteiger partial charge in [0.25, 0.3) is 5.91 Å². The van der Waals surface area contributed by atoms with Gasteiger partial charge in [0.15, 0.2) is 0 Å². The smallest absolute Gasteiger partial charge is 0.255 e. The van der Waals surface area contributed by atoms with Crippen LogP contribution >= 0.6 is 11.8 Å². The van der Waals surface area contributed by atoms with Gasteiger partial charge in [-0.25, -0.2) is 4.68 Å². The summed E-state index contributed by atoms with van der Waals surface area (Å²) in [6, 6.07) is 14.7. The number of allylic oxidation sites excluding steroid dienone is 1. The summed E-state index contributed by atoms with van der Waals surface area (Å²) in [6.45, 7) is 10.3. The predicted octanol–water partition coefficient (Wildman–Crippen LogP) is 5.50. The van der Waals surface area contributed by atoms with Gasteiger partial charge in [-0.15, -0.1) is 5.10 Å². The molecule has 3 aromatic rings. The van der Waals surface area contributed by atoms with E-state index < -0.39 is 6.04 Å². The third-order valence-electron chi connectivity index (χ3n) is 5.33. The molecule has 0 spiro atoms. The van der Waals surface area contributed by atoms with E-state index >= 15 is 0 Å². The van der Waals surface area contributed by atoms with Crippen LogP contribution in [-0.4, -0.2) is 39.1 Å². The highest BCUT2D eigenvalue weighted by Gasteiger charge is 2.35. The summed E-state index contributed by atoms with van der Waals surface area (Å²) < 4.78 is 13.4. The number of amides is 1. The standard InChI is InChI=1S/C26H31N5O3S/c1-6-33-21-14-9-8-13-20(21)28-24(32)22-17(5)27-25-29-26(35-7-2)30-31(25)23(22)18-11-10-12-19(15-18)34-16(3)4/h8-16,23H,6-7H2,1-5H3,(H,28,32)(H,27,29,30). The maximum atomic E-state index is 13.8. The largest absolute Gasteiger partial charge is 0.492 e. The molecule has 1 aromatic heterocycles. The molecule has 2 N–H and O–H groups in total. The molecular weight excluding hydrogens is 462 g/mol. The summed E-state index contributed by atoms with van der Waals surface area (Å²) in [7, 11) is 0. The maximum absolute atomic E-state index is 13.8. The number of fused-ring (bicyclic) bond motifs is 1. The van der Waals surface area contributed by atoms with Gasteiger partial charge in [0, 0.05) is 5.70 Å². The van der Waals surface area contributed by atoms with E-state index in [0.717, 1.165) is 17.1 Å². The molecule has 1 aliphatic heterocycles. The van der Waals surface area contributed by atoms with Gasteiger partial charge in [-0.05, 0) is 63.3 Å². The molecule has 0 saturated heterocycles. The lowest BCUT2D eigenvalue weighted by atomic mass is 9.94. The van der Waals surface area contributed by atoms with E-state index in [4.69, 9.17) is 14.6 Å². The normalized spacial score (nSPS) is 15.0. The number of hydrogen-bond donors (Lipinski definition) is 2. The van der Waals surface area contributed by atoms with Gasteiger partial charge in [-0.2, -0.15) is 4.98 Å². The average Bonchev–Trinajstić information content (AvgIpc) is 3.21. The van der Waals surface area contributed by atoms with E-state index in [2.05, 4.69) is 22.5 Å². The molecule has 4 rings (SSSR count). The summed E-state index contributed by atoms with van der Waals surface area (Å²) >= 11 is 1.56. The van der Waals surface area contributed by atoms with Crippen molar-refractivity contribution in [1.82, 2.24) is 14.8 Å². The zero-order valence-electron chi connectivity index (χ0n) is 20.7. The van der Waals surface area contributed by atoms with Crippen molar-refractivity contribution in [3.05, 3.63) is 65.4 Å². The van der Waals surface area contributed by atoms with Crippen molar-refractivity contribution in [2.75, 3.05) is 23.0 Å². The highest BCUT2D eigenvalue weighted by Crippen LogP contribution is 2.38. The van der Waals surface area contributed by atoms with E-state index in [0.29, 0.717) is 40.4 Å². The van der Waals surface area contributed by atoms with Crippen LogP contribution in [0.4, 0.5) is 11.6 Å². The number of benzene rings is 2. The number of nitrogens with one attached hydrogen (secondary N) is 2. The highest BCUT2D eigenvalue weighted by molar-refractivity contribution is 7.99. The molecule has 9 heteroatoms. The fourth-order valence-corrected chi connectivity index (χ4v) is 4.55. The lowest BCUT2D eigenvalue weighted by Crippen LogP contribution is -2.31. The molecule has 0 aliphatic carbocycles. The van der Waals surface area contributed by atoms with Crippen molar-refractivity contribution in [3.8, 4) is 11.5 Å². The van der Waals surface area contributed by atoms with E-state index in [1.807, 2.05) is 76.2 Å². The Labute approximate surface area is 210 Å². The van der Waals surface area contributed by atoms with Crippen LogP contribution in [0.25, 0.3) is 0 Å². The monoisotopic (exact) mass is 493 g/mol. The van der Waals surface area contributed by atoms with Crippen molar-refractivity contribution < 1.29 is 14.3 Å². The molecule has 1 aliphatic rings. The SMILES string of the molecule is CCOc1ccccc1NC(=O)C1=C(C)Nc2nc(SCC)nn2C1c1cccc(OC(C)C)c1. The number of aromatic nitrogens is 3. The molecule has 0 fully saturated rings. The second-order valence-electron chi connectivity index (χ2n) is 8.28. The number of carbonyl (C=O) groups excluding carboxylic acids is 1. The molecule has 1 amide bonds. The van der Waals surface area contributed by atoms with Gasteiger partial charge in [0.2, 0.25) is 11.1 Å². The number of ether oxygens (including phenoxy) is 2. The van der Waals surface area contributed by atoms with Crippen LogP contribution in [0, 0.1) is 0 Å². The minimum atomic E-state index is -0.486. The van der Waals surface area contributed by atoms with E-state index in [1.54, 1.807) is 16.4 Å². The van der Waals surface area contributed by atoms with Crippen LogP contribution in [0.5, 0.6) is 11.5 Å². The molecule has 1 unspecified atom stereocenters. The first-order valence-corrected chi connectivity index (χ1v) is 12.8. The maximum Gasteiger partial charge on any atom is 0.255 e. The lowest BCUT2D eigenvalue weighted by Gasteiger charge is -2.29. The lowest BCUT2D eigenvalue weighted by molar-refractivity contribution is -0.113. The fraction of sp³-hybridized carbons (Fsp3) is 0.346. The number of rotatable bonds is 9. The Morgan fingerprint density at radius 1 is 1.20 bits per heavy atom. The number of anilines is 2. The molecule has 1 atom stereocenters. The molecule has 184 valence electrons. The van der Waals surface area contributed by atoms with Crippen LogP contribution in [0.3, 0.4) is 0 Å². The zero-order chi connectivity index (χ0) is 24.9. The van der Waals surface area contributed by atoms with Gasteiger partial charge in [-0.3, -0.25) is 4.79 Å². The number of para-hydroxylation sites is 2. The molecule has 8 nitrogen and oxygen atoms in total. The zero-order valence-corrected chi connectivity index (χ0v) is 21.5. The Balaban J connectivity index is 1.77. The Morgan fingerprint density at radius 2 is 2.00 bits per heavy atom. The molecular formula is C26H31N5O3S. The molecule has 0 bridgehead atoms. The van der Waals surface area contributed by atoms with Crippen molar-refractivity contribution in [3.63, 3.8) is 0 Å². The molecule has 0 radical (unpaired) electrons. The van der Waals surface area contributed by atoms with Gasteiger partial charge in [-0.1, -0.05) is 43.0 Å². The van der Waals surface area contributed by atoms with Crippen molar-refractivity contribution in [2.24, 2.45) is 0 Å². The first-order chi connectivity index (χ1) is 16.9. The van der Waals surface area contributed by atoms with Crippen LogP contribution in [0.2, 0.25) is 0 Å². The first-order valence-electron chi connectivity index (χ1n) is 11.8. The second-order valence-corrected chi connectivity index (χ2v) is 9.52. The topological polar surface area (TPSA) is 90.3 Å². The number of thioether (sulfide) groups is 1. The third kappa shape index (κ3) is 5.45. The van der Waals surface area contributed by atoms with E-state index in [9.17, 15) is 4.79 Å². The quantitative estimate of drug-likeness (QED) is 0.380. The average molecular weight is 494 g/mol. The summed E-state index contributed by atoms with van der Waals surface area (Å²) in [4.78, 5) is 18.4. The number of hydrogen-bond acceptors (Lipinski definition) is 7. The van der Waals surface area contributed by atoms with Crippen molar-refractivity contribution in [2.45, 2.75) is 51.9 Å². The van der Waals surface area contributed by atoms with Gasteiger partial charge in [0.05, 0.1) is 24.0 Å². The van der Waals surface area contributed by atoms with Gasteiger partial charge < -0.3 is 20.1 Å². The van der Waals surface area contributed by atoms with Crippen LogP contribution in [-0.2, 0) is 4.79 Å². The Kier molecular flexibility index (Phi) is 7.65. The van der Waals surface area contributed by atoms with Crippen LogP contribution in [0.15, 0.2) is 65.0 Å². The second kappa shape index (κ2) is 10.9. The summed E-state index contributed by atoms with van der Waals surface area (Å²) in [6.07, 6.45) is 0.0304. The highest BCUT2D eigenvalue weighted by atomic mass is 32.2. The number of nitrogens with zero attached hydrogens (tertiary/aromatic N) is 3. The summed E-state index contributed by atoms with van der Waals surface area (Å²) in [5, 5.41) is 11.7. The Hall–Kier alpha value is -3.46. The van der Waals surface area contributed by atoms with Crippen molar-refractivity contribution in [1.29, 1.82) is 0 Å². The van der Waals surface area contributed by atoms with E-state index in [1.165, 1.54) is 0 Å². The number of carbonyl (C=O) groups is 1. The molecule has 0 saturated carbocycles. The molecule has 2 heterocycles. The summed E-state index contributed by atoms with van der Waals surface area (Å²) in [5.41, 5.74) is 2.75. The van der Waals surface area contributed by atoms with Gasteiger partial charge in [0.1, 0.15) is 17.5 Å². The first kappa shape index (κ1) is 24.7. The molecule has 35 heavy (non-hydrogen) atoms. The van der Waals surface area contributed by atoms with Crippen molar-refractivity contribution >= 4 is 29.3 Å². The van der Waals surface area contributed by atoms with Gasteiger partial charge >= 0.3 is 0 Å². The predicted molar refractivity (Wildman–Crippen MR) is 139 cm³/mol. The van der Waals surface area contributed by atoms with E-state index in [-0.39, 0.29) is 12.0 Å². The fourth-order valence-electron chi connectivity index (χ4n) is 3.99. The van der Waals surface area contributed by atoms with Crippen LogP contribution < -0.4 is 20.1 Å². The minimum Gasteiger partial charge on any atom is -0.492 e. The Morgan fingerprint density at radius 3 is 2.74 bits per heavy atom. The Bertz CT molecular complexity index is 1240. The van der Waals surface area contributed by atoms with Crippen LogP contribution in [0.1, 0.15) is 46.2 Å². The third-order valence-corrected chi connectivity index (χ3v) is 6.05. The minimum absolute atomic E-state index is 0.0304.